The molecule has 0 bridgehead atoms. The number of hydrogen-bond acceptors (Lipinski definition) is 4. The third-order valence-electron chi connectivity index (χ3n) is 2.42. The number of aliphatic hydroxyl groups is 1. The predicted molar refractivity (Wildman–Crippen MR) is 64.3 cm³/mol. The first-order valence-electron chi connectivity index (χ1n) is 5.58. The van der Waals surface area contributed by atoms with Gasteiger partial charge in [-0.25, -0.2) is 4.79 Å². The maximum atomic E-state index is 11.6. The molecule has 0 saturated heterocycles. The van der Waals surface area contributed by atoms with Gasteiger partial charge in [-0.1, -0.05) is 18.2 Å². The van der Waals surface area contributed by atoms with E-state index in [0.29, 0.717) is 25.0 Å². The van der Waals surface area contributed by atoms with E-state index < -0.39 is 5.63 Å². The molecule has 0 spiro atoms. The van der Waals surface area contributed by atoms with Gasteiger partial charge in [0, 0.05) is 12.0 Å². The molecule has 0 radical (unpaired) electrons. The van der Waals surface area contributed by atoms with E-state index in [1.165, 1.54) is 0 Å². The predicted octanol–water partition coefficient (Wildman–Crippen LogP) is 1.94. The van der Waals surface area contributed by atoms with Gasteiger partial charge in [-0.15, -0.1) is 0 Å². The highest BCUT2D eigenvalue weighted by atomic mass is 16.5. The molecule has 0 amide bonds. The molecule has 0 unspecified atom stereocenters. The van der Waals surface area contributed by atoms with Crippen molar-refractivity contribution in [2.75, 3.05) is 13.2 Å². The molecule has 0 fully saturated rings. The number of rotatable bonds is 5. The van der Waals surface area contributed by atoms with E-state index in [2.05, 4.69) is 0 Å². The minimum atomic E-state index is -0.465. The Labute approximate surface area is 98.4 Å². The Morgan fingerprint density at radius 2 is 2.06 bits per heavy atom. The van der Waals surface area contributed by atoms with Crippen molar-refractivity contribution in [2.24, 2.45) is 0 Å². The summed E-state index contributed by atoms with van der Waals surface area (Å²) >= 11 is 0. The minimum Gasteiger partial charge on any atom is -0.487 e. The lowest BCUT2D eigenvalue weighted by Gasteiger charge is -2.04. The lowest BCUT2D eigenvalue weighted by atomic mass is 10.2. The van der Waals surface area contributed by atoms with Crippen molar-refractivity contribution in [1.29, 1.82) is 0 Å². The average molecular weight is 234 g/mol. The number of para-hydroxylation sites is 1. The number of hydrogen-bond donors (Lipinski definition) is 1. The monoisotopic (exact) mass is 234 g/mol. The minimum absolute atomic E-state index is 0.135. The summed E-state index contributed by atoms with van der Waals surface area (Å²) in [4.78, 5) is 11.6. The zero-order valence-corrected chi connectivity index (χ0v) is 9.39. The summed E-state index contributed by atoms with van der Waals surface area (Å²) in [5.74, 6) is 0.224. The van der Waals surface area contributed by atoms with E-state index in [9.17, 15) is 4.79 Å². The second-order valence-electron chi connectivity index (χ2n) is 3.72. The molecular formula is C13H14O4. The number of fused-ring (bicyclic) bond motifs is 1. The van der Waals surface area contributed by atoms with E-state index in [0.717, 1.165) is 5.39 Å². The number of benzene rings is 1. The quantitative estimate of drug-likeness (QED) is 0.634. The summed E-state index contributed by atoms with van der Waals surface area (Å²) in [5, 5.41) is 9.46. The van der Waals surface area contributed by atoms with Crippen molar-refractivity contribution in [3.8, 4) is 5.75 Å². The van der Waals surface area contributed by atoms with Gasteiger partial charge in [-0.2, -0.15) is 0 Å². The van der Waals surface area contributed by atoms with Gasteiger partial charge >= 0.3 is 5.63 Å². The van der Waals surface area contributed by atoms with Crippen molar-refractivity contribution in [3.05, 3.63) is 40.8 Å². The zero-order valence-electron chi connectivity index (χ0n) is 9.39. The highest BCUT2D eigenvalue weighted by Gasteiger charge is 2.05. The Morgan fingerprint density at radius 3 is 2.88 bits per heavy atom. The largest absolute Gasteiger partial charge is 0.487 e. The number of aliphatic hydroxyl groups excluding tert-OH is 1. The fourth-order valence-electron chi connectivity index (χ4n) is 1.54. The smallest absolute Gasteiger partial charge is 0.379 e. The molecule has 1 aromatic heterocycles. The van der Waals surface area contributed by atoms with Crippen LogP contribution < -0.4 is 10.4 Å². The van der Waals surface area contributed by atoms with Crippen LogP contribution in [0.5, 0.6) is 5.75 Å². The lowest BCUT2D eigenvalue weighted by Crippen LogP contribution is -2.08. The fourth-order valence-corrected chi connectivity index (χ4v) is 1.54. The molecule has 4 heteroatoms. The highest BCUT2D eigenvalue weighted by Crippen LogP contribution is 2.16. The number of ether oxygens (including phenoxy) is 1. The van der Waals surface area contributed by atoms with Crippen molar-refractivity contribution in [1.82, 2.24) is 0 Å². The molecule has 1 N–H and O–H groups in total. The first kappa shape index (κ1) is 11.7. The molecule has 0 atom stereocenters. The van der Waals surface area contributed by atoms with Crippen molar-refractivity contribution < 1.29 is 14.3 Å². The van der Waals surface area contributed by atoms with Crippen LogP contribution >= 0.6 is 0 Å². The van der Waals surface area contributed by atoms with Gasteiger partial charge in [-0.3, -0.25) is 0 Å². The Hall–Kier alpha value is -1.81. The summed E-state index contributed by atoms with van der Waals surface area (Å²) in [6.07, 6.45) is 1.38. The van der Waals surface area contributed by atoms with Crippen LogP contribution in [0.4, 0.5) is 0 Å². The Bertz CT molecular complexity index is 544. The third kappa shape index (κ3) is 2.85. The van der Waals surface area contributed by atoms with Crippen molar-refractivity contribution in [3.63, 3.8) is 0 Å². The van der Waals surface area contributed by atoms with Crippen LogP contribution in [-0.2, 0) is 0 Å². The SMILES string of the molecule is O=c1oc2ccccc2cc1OCCCCO. The van der Waals surface area contributed by atoms with Crippen molar-refractivity contribution in [2.45, 2.75) is 12.8 Å². The maximum Gasteiger partial charge on any atom is 0.379 e. The summed E-state index contributed by atoms with van der Waals surface area (Å²) in [6, 6.07) is 8.97. The van der Waals surface area contributed by atoms with Gasteiger partial charge in [0.1, 0.15) is 5.58 Å². The third-order valence-corrected chi connectivity index (χ3v) is 2.42. The first-order valence-corrected chi connectivity index (χ1v) is 5.58. The van der Waals surface area contributed by atoms with Gasteiger partial charge in [0.05, 0.1) is 6.61 Å². The van der Waals surface area contributed by atoms with Crippen LogP contribution in [-0.4, -0.2) is 18.3 Å². The Balaban J connectivity index is 2.17. The fraction of sp³-hybridized carbons (Fsp3) is 0.308. The lowest BCUT2D eigenvalue weighted by molar-refractivity contribution is 0.249. The van der Waals surface area contributed by atoms with Crippen LogP contribution in [0, 0.1) is 0 Å². The zero-order chi connectivity index (χ0) is 12.1. The molecule has 0 aliphatic rings. The van der Waals surface area contributed by atoms with E-state index in [-0.39, 0.29) is 12.4 Å². The average Bonchev–Trinajstić information content (AvgIpc) is 2.35. The Kier molecular flexibility index (Phi) is 3.77. The van der Waals surface area contributed by atoms with Crippen molar-refractivity contribution >= 4 is 11.0 Å². The van der Waals surface area contributed by atoms with Crippen LogP contribution in [0.3, 0.4) is 0 Å². The molecule has 1 aromatic carbocycles. The molecule has 90 valence electrons. The summed E-state index contributed by atoms with van der Waals surface area (Å²) < 4.78 is 10.4. The Morgan fingerprint density at radius 1 is 1.24 bits per heavy atom. The normalized spacial score (nSPS) is 10.6. The molecule has 0 saturated carbocycles. The van der Waals surface area contributed by atoms with Crippen LogP contribution in [0.25, 0.3) is 11.0 Å². The molecule has 0 aliphatic carbocycles. The second-order valence-corrected chi connectivity index (χ2v) is 3.72. The molecule has 17 heavy (non-hydrogen) atoms. The molecular weight excluding hydrogens is 220 g/mol. The van der Waals surface area contributed by atoms with E-state index in [4.69, 9.17) is 14.3 Å². The van der Waals surface area contributed by atoms with E-state index in [1.54, 1.807) is 12.1 Å². The molecule has 1 heterocycles. The molecule has 0 aliphatic heterocycles. The van der Waals surface area contributed by atoms with Gasteiger partial charge in [0.15, 0.2) is 0 Å². The van der Waals surface area contributed by atoms with Gasteiger partial charge in [0.25, 0.3) is 0 Å². The van der Waals surface area contributed by atoms with Gasteiger partial charge in [0.2, 0.25) is 5.75 Å². The van der Waals surface area contributed by atoms with Crippen LogP contribution in [0.15, 0.2) is 39.5 Å². The van der Waals surface area contributed by atoms with E-state index >= 15 is 0 Å². The molecule has 2 aromatic rings. The summed E-state index contributed by atoms with van der Waals surface area (Å²) in [7, 11) is 0. The molecule has 4 nitrogen and oxygen atoms in total. The summed E-state index contributed by atoms with van der Waals surface area (Å²) in [5.41, 5.74) is 0.0907. The molecule has 2 rings (SSSR count). The summed E-state index contributed by atoms with van der Waals surface area (Å²) in [6.45, 7) is 0.541. The number of unbranched alkanes of at least 4 members (excludes halogenated alkanes) is 1. The van der Waals surface area contributed by atoms with Crippen LogP contribution in [0.2, 0.25) is 0 Å². The first-order chi connectivity index (χ1) is 8.31. The van der Waals surface area contributed by atoms with Crippen LogP contribution in [0.1, 0.15) is 12.8 Å². The van der Waals surface area contributed by atoms with E-state index in [1.807, 2.05) is 18.2 Å². The topological polar surface area (TPSA) is 59.7 Å². The standard InChI is InChI=1S/C13H14O4/c14-7-3-4-8-16-12-9-10-5-1-2-6-11(10)17-13(12)15/h1-2,5-6,9,14H,3-4,7-8H2. The van der Waals surface area contributed by atoms with Gasteiger partial charge < -0.3 is 14.3 Å². The maximum absolute atomic E-state index is 11.6. The second kappa shape index (κ2) is 5.50. The van der Waals surface area contributed by atoms with Gasteiger partial charge in [-0.05, 0) is 25.0 Å². The highest BCUT2D eigenvalue weighted by molar-refractivity contribution is 5.77.